The van der Waals surface area contributed by atoms with Gasteiger partial charge in [0.15, 0.2) is 0 Å². The zero-order valence-electron chi connectivity index (χ0n) is 18.0. The molecule has 5 heteroatoms. The van der Waals surface area contributed by atoms with E-state index in [-0.39, 0.29) is 24.3 Å². The average Bonchev–Trinajstić information content (AvgIpc) is 2.70. The Bertz CT molecular complexity index is 642. The summed E-state index contributed by atoms with van der Waals surface area (Å²) in [7, 11) is 0. The Morgan fingerprint density at radius 1 is 0.967 bits per heavy atom. The second-order valence-electron chi connectivity index (χ2n) is 7.44. The van der Waals surface area contributed by atoms with Gasteiger partial charge >= 0.3 is 5.97 Å². The number of aliphatic hydroxyl groups is 2. The quantitative estimate of drug-likeness (QED) is 0.485. The molecular formula is C25H36O5. The molecule has 0 saturated carbocycles. The molecule has 0 radical (unpaired) electrons. The SMILES string of the molecule is CC[C@@H]1CCC/C=C/CCC(=O)C[C@@H](O)C/C=C\C=C/[C@@H](O)C/C=C/C=C\C(=O)O1. The lowest BCUT2D eigenvalue weighted by atomic mass is 10.1. The predicted octanol–water partition coefficient (Wildman–Crippen LogP) is 4.51. The van der Waals surface area contributed by atoms with Crippen molar-refractivity contribution in [1.29, 1.82) is 0 Å². The van der Waals surface area contributed by atoms with Crippen LogP contribution in [0.2, 0.25) is 0 Å². The van der Waals surface area contributed by atoms with Gasteiger partial charge in [-0.05, 0) is 44.9 Å². The zero-order chi connectivity index (χ0) is 22.0. The molecular weight excluding hydrogens is 380 g/mol. The number of hydrogen-bond acceptors (Lipinski definition) is 5. The summed E-state index contributed by atoms with van der Waals surface area (Å²) in [6, 6.07) is 0. The van der Waals surface area contributed by atoms with Crippen LogP contribution < -0.4 is 0 Å². The molecule has 30 heavy (non-hydrogen) atoms. The van der Waals surface area contributed by atoms with Crippen LogP contribution in [-0.4, -0.2) is 40.3 Å². The Labute approximate surface area is 180 Å². The van der Waals surface area contributed by atoms with E-state index in [1.165, 1.54) is 6.08 Å². The number of rotatable bonds is 1. The second kappa shape index (κ2) is 16.5. The number of esters is 1. The van der Waals surface area contributed by atoms with Gasteiger partial charge in [0.1, 0.15) is 11.9 Å². The van der Waals surface area contributed by atoms with E-state index in [2.05, 4.69) is 6.08 Å². The lowest BCUT2D eigenvalue weighted by molar-refractivity contribution is -0.143. The maximum absolute atomic E-state index is 11.9. The van der Waals surface area contributed by atoms with Gasteiger partial charge in [0, 0.05) is 18.9 Å². The topological polar surface area (TPSA) is 83.8 Å². The standard InChI is InChI=1S/C25H36O5/c1-2-24-18-12-5-3-4-8-16-22(27)20-23(28)17-11-6-9-14-21(26)15-10-7-13-19-25(29)30-24/h3-4,6-7,9-11,13-14,19,21,23-24,26,28H,2,5,8,12,15-18,20H2,1H3/b4-3+,10-7+,11-6-,14-9-,19-13-/t21-,23+,24-/m1/s1. The van der Waals surface area contributed by atoms with Gasteiger partial charge in [0.2, 0.25) is 0 Å². The molecule has 1 heterocycles. The van der Waals surface area contributed by atoms with Gasteiger partial charge in [-0.3, -0.25) is 4.79 Å². The van der Waals surface area contributed by atoms with Crippen molar-refractivity contribution in [2.75, 3.05) is 0 Å². The van der Waals surface area contributed by atoms with Crippen LogP contribution in [0.5, 0.6) is 0 Å². The van der Waals surface area contributed by atoms with Gasteiger partial charge < -0.3 is 14.9 Å². The Morgan fingerprint density at radius 2 is 1.70 bits per heavy atom. The predicted molar refractivity (Wildman–Crippen MR) is 120 cm³/mol. The van der Waals surface area contributed by atoms with Crippen LogP contribution in [-0.2, 0) is 14.3 Å². The van der Waals surface area contributed by atoms with Crippen LogP contribution in [0.3, 0.4) is 0 Å². The van der Waals surface area contributed by atoms with Gasteiger partial charge in [-0.15, -0.1) is 0 Å². The average molecular weight is 417 g/mol. The van der Waals surface area contributed by atoms with Gasteiger partial charge in [0.25, 0.3) is 0 Å². The maximum atomic E-state index is 11.9. The molecule has 1 aliphatic rings. The van der Waals surface area contributed by atoms with E-state index in [0.717, 1.165) is 25.7 Å². The minimum atomic E-state index is -0.676. The van der Waals surface area contributed by atoms with Gasteiger partial charge in [-0.25, -0.2) is 4.79 Å². The Balaban J connectivity index is 2.66. The molecule has 1 aliphatic heterocycles. The number of aliphatic hydroxyl groups excluding tert-OH is 2. The van der Waals surface area contributed by atoms with E-state index < -0.39 is 12.2 Å². The highest BCUT2D eigenvalue weighted by molar-refractivity contribution is 5.82. The molecule has 166 valence electrons. The largest absolute Gasteiger partial charge is 0.459 e. The Morgan fingerprint density at radius 3 is 2.50 bits per heavy atom. The molecule has 3 atom stereocenters. The molecule has 0 amide bonds. The third-order valence-corrected chi connectivity index (χ3v) is 4.70. The summed E-state index contributed by atoms with van der Waals surface area (Å²) in [6.07, 6.45) is 21.5. The molecule has 0 fully saturated rings. The molecule has 0 aromatic carbocycles. The van der Waals surface area contributed by atoms with E-state index in [9.17, 15) is 19.8 Å². The number of ether oxygens (including phenoxy) is 1. The summed E-state index contributed by atoms with van der Waals surface area (Å²) in [5.41, 5.74) is 0. The molecule has 0 aromatic rings. The van der Waals surface area contributed by atoms with Gasteiger partial charge in [-0.1, -0.05) is 61.6 Å². The number of allylic oxidation sites excluding steroid dienone is 6. The smallest absolute Gasteiger partial charge is 0.331 e. The van der Waals surface area contributed by atoms with E-state index in [4.69, 9.17) is 4.74 Å². The summed E-state index contributed by atoms with van der Waals surface area (Å²) in [4.78, 5) is 23.8. The monoisotopic (exact) mass is 416 g/mol. The molecule has 1 rings (SSSR count). The third kappa shape index (κ3) is 13.9. The molecule has 0 unspecified atom stereocenters. The molecule has 5 nitrogen and oxygen atoms in total. The number of Topliss-reactive ketones (excluding diaryl/α,β-unsaturated/α-hetero) is 1. The number of cyclic esters (lactones) is 1. The van der Waals surface area contributed by atoms with Crippen molar-refractivity contribution < 1.29 is 24.5 Å². The van der Waals surface area contributed by atoms with Gasteiger partial charge in [-0.2, -0.15) is 0 Å². The summed E-state index contributed by atoms with van der Waals surface area (Å²) in [6.45, 7) is 2.00. The van der Waals surface area contributed by atoms with Crippen LogP contribution in [0.1, 0.15) is 64.7 Å². The van der Waals surface area contributed by atoms with Crippen molar-refractivity contribution in [2.24, 2.45) is 0 Å². The number of ketones is 1. The van der Waals surface area contributed by atoms with Crippen LogP contribution in [0, 0.1) is 0 Å². The Hall–Kier alpha value is -2.24. The van der Waals surface area contributed by atoms with E-state index in [1.807, 2.05) is 13.0 Å². The van der Waals surface area contributed by atoms with E-state index in [1.54, 1.807) is 42.5 Å². The molecule has 0 aromatic heterocycles. The van der Waals surface area contributed by atoms with Crippen LogP contribution in [0.15, 0.2) is 60.8 Å². The summed E-state index contributed by atoms with van der Waals surface area (Å²) >= 11 is 0. The van der Waals surface area contributed by atoms with Crippen molar-refractivity contribution in [3.8, 4) is 0 Å². The van der Waals surface area contributed by atoms with Crippen molar-refractivity contribution in [2.45, 2.75) is 83.0 Å². The summed E-state index contributed by atoms with van der Waals surface area (Å²) in [5, 5.41) is 19.8. The number of carbonyl (C=O) groups is 2. The first-order valence-electron chi connectivity index (χ1n) is 10.9. The summed E-state index contributed by atoms with van der Waals surface area (Å²) < 4.78 is 5.46. The van der Waals surface area contributed by atoms with Crippen LogP contribution in [0.4, 0.5) is 0 Å². The van der Waals surface area contributed by atoms with Crippen molar-refractivity contribution >= 4 is 11.8 Å². The third-order valence-electron chi connectivity index (χ3n) is 4.70. The second-order valence-corrected chi connectivity index (χ2v) is 7.44. The lowest BCUT2D eigenvalue weighted by Crippen LogP contribution is -2.15. The first kappa shape index (κ1) is 25.8. The van der Waals surface area contributed by atoms with Crippen molar-refractivity contribution in [1.82, 2.24) is 0 Å². The number of hydrogen-bond donors (Lipinski definition) is 2. The minimum absolute atomic E-state index is 0.0544. The fraction of sp³-hybridized carbons (Fsp3) is 0.520. The number of carbonyl (C=O) groups excluding carboxylic acids is 2. The fourth-order valence-corrected chi connectivity index (χ4v) is 2.96. The molecule has 0 aliphatic carbocycles. The minimum Gasteiger partial charge on any atom is -0.459 e. The zero-order valence-corrected chi connectivity index (χ0v) is 18.0. The molecule has 2 N–H and O–H groups in total. The van der Waals surface area contributed by atoms with E-state index in [0.29, 0.717) is 25.7 Å². The highest BCUT2D eigenvalue weighted by Gasteiger charge is 2.10. The van der Waals surface area contributed by atoms with Gasteiger partial charge in [0.05, 0.1) is 12.2 Å². The van der Waals surface area contributed by atoms with E-state index >= 15 is 0 Å². The van der Waals surface area contributed by atoms with Crippen LogP contribution in [0.25, 0.3) is 0 Å². The van der Waals surface area contributed by atoms with Crippen LogP contribution >= 0.6 is 0 Å². The maximum Gasteiger partial charge on any atom is 0.331 e. The fourth-order valence-electron chi connectivity index (χ4n) is 2.96. The van der Waals surface area contributed by atoms with Crippen molar-refractivity contribution in [3.63, 3.8) is 0 Å². The Kier molecular flexibility index (Phi) is 14.2. The first-order chi connectivity index (χ1) is 14.5. The van der Waals surface area contributed by atoms with Crippen molar-refractivity contribution in [3.05, 3.63) is 60.8 Å². The molecule has 0 bridgehead atoms. The first-order valence-corrected chi connectivity index (χ1v) is 10.9. The molecule has 0 saturated heterocycles. The lowest BCUT2D eigenvalue weighted by Gasteiger charge is -2.14. The summed E-state index contributed by atoms with van der Waals surface area (Å²) in [5.74, 6) is -0.304. The highest BCUT2D eigenvalue weighted by atomic mass is 16.5. The molecule has 0 spiro atoms. The highest BCUT2D eigenvalue weighted by Crippen LogP contribution is 2.11. The normalized spacial score (nSPS) is 31.6.